The summed E-state index contributed by atoms with van der Waals surface area (Å²) in [6.45, 7) is 2.00. The second-order valence-corrected chi connectivity index (χ2v) is 4.65. The van der Waals surface area contributed by atoms with Crippen LogP contribution >= 0.6 is 0 Å². The van der Waals surface area contributed by atoms with Crippen LogP contribution < -0.4 is 0 Å². The molecule has 0 amide bonds. The van der Waals surface area contributed by atoms with Crippen LogP contribution in [0.2, 0.25) is 0 Å². The van der Waals surface area contributed by atoms with Crippen molar-refractivity contribution in [2.75, 3.05) is 0 Å². The van der Waals surface area contributed by atoms with Crippen LogP contribution in [0.15, 0.2) is 54.7 Å². The standard InChI is InChI=1S/C16H13FN2O/c1-11-2-4-12(5-3-11)16-15(20)10-19(18-16)14-8-6-13(17)7-9-14/h2-10,20H,1H3. The summed E-state index contributed by atoms with van der Waals surface area (Å²) in [5.74, 6) is -0.206. The highest BCUT2D eigenvalue weighted by atomic mass is 19.1. The Labute approximate surface area is 115 Å². The Balaban J connectivity index is 2.02. The summed E-state index contributed by atoms with van der Waals surface area (Å²) in [7, 11) is 0. The molecule has 100 valence electrons. The molecule has 0 unspecified atom stereocenters. The zero-order valence-electron chi connectivity index (χ0n) is 10.9. The van der Waals surface area contributed by atoms with Crippen LogP contribution in [0.5, 0.6) is 5.75 Å². The fraction of sp³-hybridized carbons (Fsp3) is 0.0625. The zero-order chi connectivity index (χ0) is 14.1. The Hall–Kier alpha value is -2.62. The molecule has 0 bridgehead atoms. The average Bonchev–Trinajstić information content (AvgIpc) is 2.82. The van der Waals surface area contributed by atoms with E-state index in [0.717, 1.165) is 11.1 Å². The molecule has 0 saturated carbocycles. The molecular weight excluding hydrogens is 255 g/mol. The summed E-state index contributed by atoms with van der Waals surface area (Å²) in [6, 6.07) is 13.7. The summed E-state index contributed by atoms with van der Waals surface area (Å²) in [6.07, 6.45) is 1.52. The smallest absolute Gasteiger partial charge is 0.162 e. The fourth-order valence-electron chi connectivity index (χ4n) is 2.01. The highest BCUT2D eigenvalue weighted by molar-refractivity contribution is 5.66. The van der Waals surface area contributed by atoms with Gasteiger partial charge in [-0.15, -0.1) is 0 Å². The molecule has 2 aromatic carbocycles. The van der Waals surface area contributed by atoms with Crippen LogP contribution in [0.1, 0.15) is 5.56 Å². The molecule has 20 heavy (non-hydrogen) atoms. The molecule has 0 spiro atoms. The van der Waals surface area contributed by atoms with Crippen molar-refractivity contribution in [2.24, 2.45) is 0 Å². The van der Waals surface area contributed by atoms with Crippen molar-refractivity contribution in [3.8, 4) is 22.7 Å². The van der Waals surface area contributed by atoms with E-state index >= 15 is 0 Å². The quantitative estimate of drug-likeness (QED) is 0.769. The lowest BCUT2D eigenvalue weighted by atomic mass is 10.1. The van der Waals surface area contributed by atoms with Gasteiger partial charge < -0.3 is 5.11 Å². The summed E-state index contributed by atoms with van der Waals surface area (Å²) >= 11 is 0. The Kier molecular flexibility index (Phi) is 2.99. The number of hydrogen-bond donors (Lipinski definition) is 1. The molecule has 0 atom stereocenters. The molecule has 1 heterocycles. The highest BCUT2D eigenvalue weighted by Crippen LogP contribution is 2.28. The van der Waals surface area contributed by atoms with E-state index in [1.165, 1.54) is 23.0 Å². The average molecular weight is 268 g/mol. The van der Waals surface area contributed by atoms with Crippen LogP contribution in [-0.4, -0.2) is 14.9 Å². The number of aryl methyl sites for hydroxylation is 1. The number of hydrogen-bond acceptors (Lipinski definition) is 2. The van der Waals surface area contributed by atoms with Crippen molar-refractivity contribution < 1.29 is 9.50 Å². The van der Waals surface area contributed by atoms with E-state index in [9.17, 15) is 9.50 Å². The van der Waals surface area contributed by atoms with E-state index in [1.807, 2.05) is 31.2 Å². The van der Waals surface area contributed by atoms with Gasteiger partial charge in [-0.2, -0.15) is 5.10 Å². The van der Waals surface area contributed by atoms with E-state index < -0.39 is 0 Å². The summed E-state index contributed by atoms with van der Waals surface area (Å²) in [4.78, 5) is 0. The number of aromatic nitrogens is 2. The van der Waals surface area contributed by atoms with Crippen LogP contribution in [0.4, 0.5) is 4.39 Å². The van der Waals surface area contributed by atoms with Crippen molar-refractivity contribution in [3.05, 3.63) is 66.1 Å². The van der Waals surface area contributed by atoms with Crippen molar-refractivity contribution in [2.45, 2.75) is 6.92 Å². The zero-order valence-corrected chi connectivity index (χ0v) is 10.9. The third kappa shape index (κ3) is 2.28. The molecule has 1 N–H and O–H groups in total. The van der Waals surface area contributed by atoms with Gasteiger partial charge in [-0.05, 0) is 31.2 Å². The summed E-state index contributed by atoms with van der Waals surface area (Å²) in [5, 5.41) is 14.4. The maximum atomic E-state index is 12.9. The second kappa shape index (κ2) is 4.81. The molecular formula is C16H13FN2O. The predicted octanol–water partition coefficient (Wildman–Crippen LogP) is 3.69. The first kappa shape index (κ1) is 12.4. The number of rotatable bonds is 2. The first-order valence-electron chi connectivity index (χ1n) is 6.25. The maximum Gasteiger partial charge on any atom is 0.162 e. The Morgan fingerprint density at radius 3 is 2.30 bits per heavy atom. The van der Waals surface area contributed by atoms with E-state index in [0.29, 0.717) is 11.4 Å². The van der Waals surface area contributed by atoms with Gasteiger partial charge >= 0.3 is 0 Å². The van der Waals surface area contributed by atoms with Gasteiger partial charge in [-0.25, -0.2) is 9.07 Å². The molecule has 3 aromatic rings. The lowest BCUT2D eigenvalue weighted by molar-refractivity contribution is 0.477. The van der Waals surface area contributed by atoms with Gasteiger partial charge in [0.25, 0.3) is 0 Å². The minimum Gasteiger partial charge on any atom is -0.504 e. The van der Waals surface area contributed by atoms with Crippen LogP contribution in [0.25, 0.3) is 16.9 Å². The second-order valence-electron chi connectivity index (χ2n) is 4.65. The molecule has 0 aliphatic rings. The third-order valence-corrected chi connectivity index (χ3v) is 3.11. The highest BCUT2D eigenvalue weighted by Gasteiger charge is 2.11. The van der Waals surface area contributed by atoms with Gasteiger partial charge in [-0.1, -0.05) is 29.8 Å². The lowest BCUT2D eigenvalue weighted by Crippen LogP contribution is -1.94. The summed E-state index contributed by atoms with van der Waals surface area (Å²) < 4.78 is 14.4. The van der Waals surface area contributed by atoms with Gasteiger partial charge in [0, 0.05) is 5.56 Å². The van der Waals surface area contributed by atoms with Gasteiger partial charge in [0.15, 0.2) is 5.75 Å². The molecule has 3 nitrogen and oxygen atoms in total. The Bertz CT molecular complexity index is 730. The molecule has 0 saturated heterocycles. The number of aromatic hydroxyl groups is 1. The van der Waals surface area contributed by atoms with E-state index in [1.54, 1.807) is 12.1 Å². The maximum absolute atomic E-state index is 12.9. The molecule has 1 aromatic heterocycles. The molecule has 0 radical (unpaired) electrons. The Morgan fingerprint density at radius 2 is 1.65 bits per heavy atom. The van der Waals surface area contributed by atoms with Gasteiger partial charge in [0.05, 0.1) is 11.9 Å². The van der Waals surface area contributed by atoms with Crippen molar-refractivity contribution in [1.82, 2.24) is 9.78 Å². The van der Waals surface area contributed by atoms with Crippen LogP contribution in [-0.2, 0) is 0 Å². The first-order chi connectivity index (χ1) is 9.63. The number of benzene rings is 2. The normalized spacial score (nSPS) is 10.7. The van der Waals surface area contributed by atoms with Crippen molar-refractivity contribution in [3.63, 3.8) is 0 Å². The largest absolute Gasteiger partial charge is 0.504 e. The minimum atomic E-state index is -0.302. The monoisotopic (exact) mass is 268 g/mol. The minimum absolute atomic E-state index is 0.0955. The topological polar surface area (TPSA) is 38.0 Å². The van der Waals surface area contributed by atoms with Crippen LogP contribution in [0.3, 0.4) is 0 Å². The Morgan fingerprint density at radius 1 is 1.00 bits per heavy atom. The fourth-order valence-corrected chi connectivity index (χ4v) is 2.01. The molecule has 4 heteroatoms. The van der Waals surface area contributed by atoms with Gasteiger partial charge in [0.2, 0.25) is 0 Å². The number of halogens is 1. The van der Waals surface area contributed by atoms with Crippen LogP contribution in [0, 0.1) is 12.7 Å². The molecule has 3 rings (SSSR count). The van der Waals surface area contributed by atoms with E-state index in [2.05, 4.69) is 5.10 Å². The molecule has 0 aliphatic carbocycles. The first-order valence-corrected chi connectivity index (χ1v) is 6.25. The third-order valence-electron chi connectivity index (χ3n) is 3.11. The van der Waals surface area contributed by atoms with E-state index in [-0.39, 0.29) is 11.6 Å². The van der Waals surface area contributed by atoms with Crippen molar-refractivity contribution >= 4 is 0 Å². The lowest BCUT2D eigenvalue weighted by Gasteiger charge is -2.00. The van der Waals surface area contributed by atoms with Gasteiger partial charge in [0.1, 0.15) is 11.5 Å². The van der Waals surface area contributed by atoms with Gasteiger partial charge in [-0.3, -0.25) is 0 Å². The summed E-state index contributed by atoms with van der Waals surface area (Å²) in [5.41, 5.74) is 3.19. The van der Waals surface area contributed by atoms with Crippen molar-refractivity contribution in [1.29, 1.82) is 0 Å². The molecule has 0 fully saturated rings. The SMILES string of the molecule is Cc1ccc(-c2nn(-c3ccc(F)cc3)cc2O)cc1. The van der Waals surface area contributed by atoms with E-state index in [4.69, 9.17) is 0 Å². The molecule has 0 aliphatic heterocycles. The predicted molar refractivity (Wildman–Crippen MR) is 75.4 cm³/mol. The number of nitrogens with zero attached hydrogens (tertiary/aromatic N) is 2.